The van der Waals surface area contributed by atoms with Crippen LogP contribution in [0, 0.1) is 5.92 Å². The molecule has 0 amide bonds. The SMILES string of the molecule is O=C1CCC2=C(OC3=C(F)C(F)=CC4CC5=C(ON6OCO[C@H]56)N2C34)C1=O. The van der Waals surface area contributed by atoms with Crippen LogP contribution in [0.5, 0.6) is 0 Å². The van der Waals surface area contributed by atoms with Crippen LogP contribution < -0.4 is 0 Å². The fraction of sp³-hybridized carbons (Fsp3) is 0.412. The van der Waals surface area contributed by atoms with Gasteiger partial charge in [0.15, 0.2) is 30.0 Å². The number of ether oxygens (including phenoxy) is 2. The van der Waals surface area contributed by atoms with Gasteiger partial charge in [0.05, 0.1) is 5.70 Å². The smallest absolute Gasteiger partial charge is 0.265 e. The molecule has 27 heavy (non-hydrogen) atoms. The molecule has 10 heteroatoms. The van der Waals surface area contributed by atoms with Gasteiger partial charge in [0.25, 0.3) is 5.78 Å². The highest BCUT2D eigenvalue weighted by Gasteiger charge is 2.56. The van der Waals surface area contributed by atoms with Gasteiger partial charge in [0.2, 0.25) is 17.9 Å². The molecular formula is C17H12F2N2O6. The van der Waals surface area contributed by atoms with E-state index in [0.717, 1.165) is 0 Å². The number of carbonyl (C=O) groups is 2. The average Bonchev–Trinajstić information content (AvgIpc) is 3.24. The van der Waals surface area contributed by atoms with E-state index in [1.807, 2.05) is 0 Å². The van der Waals surface area contributed by atoms with Gasteiger partial charge in [0, 0.05) is 23.1 Å². The normalized spacial score (nSPS) is 34.8. The molecule has 3 atom stereocenters. The molecule has 2 aliphatic carbocycles. The molecule has 0 aromatic carbocycles. The van der Waals surface area contributed by atoms with Gasteiger partial charge >= 0.3 is 0 Å². The fourth-order valence-corrected chi connectivity index (χ4v) is 4.42. The number of hydrogen-bond acceptors (Lipinski definition) is 8. The first-order valence-corrected chi connectivity index (χ1v) is 8.54. The van der Waals surface area contributed by atoms with Crippen LogP contribution in [0.25, 0.3) is 0 Å². The zero-order valence-corrected chi connectivity index (χ0v) is 13.7. The van der Waals surface area contributed by atoms with Crippen molar-refractivity contribution in [1.82, 2.24) is 10.1 Å². The lowest BCUT2D eigenvalue weighted by Crippen LogP contribution is -2.51. The Morgan fingerprint density at radius 1 is 1.19 bits per heavy atom. The van der Waals surface area contributed by atoms with Crippen LogP contribution in [-0.2, 0) is 28.7 Å². The number of hydrogen-bond donors (Lipinski definition) is 0. The Kier molecular flexibility index (Phi) is 2.89. The van der Waals surface area contributed by atoms with Crippen LogP contribution in [0.2, 0.25) is 0 Å². The number of ketones is 2. The molecule has 140 valence electrons. The lowest BCUT2D eigenvalue weighted by atomic mass is 9.80. The summed E-state index contributed by atoms with van der Waals surface area (Å²) in [5, 5.41) is 1.19. The maximum Gasteiger partial charge on any atom is 0.265 e. The molecule has 0 N–H and O–H groups in total. The van der Waals surface area contributed by atoms with E-state index in [1.54, 1.807) is 4.90 Å². The number of fused-ring (bicyclic) bond motifs is 4. The first kappa shape index (κ1) is 15.5. The summed E-state index contributed by atoms with van der Waals surface area (Å²) in [6.45, 7) is 0.0174. The quantitative estimate of drug-likeness (QED) is 0.589. The number of hydroxylamine groups is 2. The number of rotatable bonds is 0. The highest BCUT2D eigenvalue weighted by atomic mass is 19.2. The van der Waals surface area contributed by atoms with Crippen molar-refractivity contribution in [1.29, 1.82) is 0 Å². The topological polar surface area (TPSA) is 77.5 Å². The largest absolute Gasteiger partial charge is 0.450 e. The Labute approximate surface area is 150 Å². The number of carbonyl (C=O) groups excluding carboxylic acids is 2. The van der Waals surface area contributed by atoms with E-state index >= 15 is 0 Å². The third kappa shape index (κ3) is 1.84. The predicted molar refractivity (Wildman–Crippen MR) is 79.2 cm³/mol. The molecule has 4 heterocycles. The second-order valence-corrected chi connectivity index (χ2v) is 6.98. The van der Waals surface area contributed by atoms with Crippen LogP contribution in [0.3, 0.4) is 0 Å². The minimum absolute atomic E-state index is 0.0173. The third-order valence-electron chi connectivity index (χ3n) is 5.57. The minimum atomic E-state index is -1.17. The molecule has 1 saturated heterocycles. The molecule has 6 aliphatic rings. The van der Waals surface area contributed by atoms with E-state index < -0.39 is 41.4 Å². The average molecular weight is 378 g/mol. The van der Waals surface area contributed by atoms with Crippen LogP contribution in [-0.4, -0.2) is 40.8 Å². The molecular weight excluding hydrogens is 366 g/mol. The maximum absolute atomic E-state index is 14.5. The van der Waals surface area contributed by atoms with E-state index in [-0.39, 0.29) is 31.2 Å². The van der Waals surface area contributed by atoms with Gasteiger partial charge in [-0.1, -0.05) is 0 Å². The first-order valence-electron chi connectivity index (χ1n) is 8.54. The number of Topliss-reactive ketones (excluding diaryl/α,β-unsaturated/α-hetero) is 2. The highest BCUT2D eigenvalue weighted by molar-refractivity contribution is 6.43. The summed E-state index contributed by atoms with van der Waals surface area (Å²) in [4.78, 5) is 36.8. The summed E-state index contributed by atoms with van der Waals surface area (Å²) in [7, 11) is 0. The van der Waals surface area contributed by atoms with Crippen molar-refractivity contribution in [2.75, 3.05) is 6.79 Å². The van der Waals surface area contributed by atoms with Gasteiger partial charge in [-0.2, -0.15) is 4.39 Å². The van der Waals surface area contributed by atoms with Crippen molar-refractivity contribution in [3.8, 4) is 0 Å². The van der Waals surface area contributed by atoms with Gasteiger partial charge in [-0.25, -0.2) is 9.23 Å². The Bertz CT molecular complexity index is 951. The van der Waals surface area contributed by atoms with Gasteiger partial charge in [0.1, 0.15) is 6.04 Å². The van der Waals surface area contributed by atoms with E-state index in [1.165, 1.54) is 11.3 Å². The number of nitrogens with zero attached hydrogens (tertiary/aromatic N) is 2. The van der Waals surface area contributed by atoms with E-state index in [9.17, 15) is 18.4 Å². The fourth-order valence-electron chi connectivity index (χ4n) is 4.42. The molecule has 0 saturated carbocycles. The van der Waals surface area contributed by atoms with Crippen molar-refractivity contribution >= 4 is 11.6 Å². The summed E-state index contributed by atoms with van der Waals surface area (Å²) in [6.07, 6.45) is 1.22. The second-order valence-electron chi connectivity index (χ2n) is 6.98. The maximum atomic E-state index is 14.5. The molecule has 6 rings (SSSR count). The molecule has 8 nitrogen and oxygen atoms in total. The molecule has 0 radical (unpaired) electrons. The van der Waals surface area contributed by atoms with Gasteiger partial charge in [-0.15, -0.1) is 0 Å². The summed E-state index contributed by atoms with van der Waals surface area (Å²) in [5.41, 5.74) is 1.13. The van der Waals surface area contributed by atoms with Gasteiger partial charge in [-0.3, -0.25) is 14.5 Å². The van der Waals surface area contributed by atoms with Crippen LogP contribution in [0.15, 0.2) is 46.4 Å². The van der Waals surface area contributed by atoms with Crippen molar-refractivity contribution in [3.05, 3.63) is 46.4 Å². The minimum Gasteiger partial charge on any atom is -0.450 e. The van der Waals surface area contributed by atoms with Crippen molar-refractivity contribution in [2.24, 2.45) is 5.92 Å². The Balaban J connectivity index is 1.58. The van der Waals surface area contributed by atoms with Crippen molar-refractivity contribution in [2.45, 2.75) is 31.5 Å². The molecule has 4 aliphatic heterocycles. The summed E-state index contributed by atoms with van der Waals surface area (Å²) in [5.74, 6) is -4.38. The second kappa shape index (κ2) is 5.03. The van der Waals surface area contributed by atoms with Crippen LogP contribution in [0.1, 0.15) is 19.3 Å². The summed E-state index contributed by atoms with van der Waals surface area (Å²) >= 11 is 0. The summed E-state index contributed by atoms with van der Waals surface area (Å²) < 4.78 is 39.7. The van der Waals surface area contributed by atoms with E-state index in [2.05, 4.69) is 0 Å². The monoisotopic (exact) mass is 378 g/mol. The molecule has 1 fully saturated rings. The lowest BCUT2D eigenvalue weighted by molar-refractivity contribution is -0.327. The first-order chi connectivity index (χ1) is 13.0. The standard InChI is InChI=1S/C17H12F2N2O6/c18-8-4-6-3-7-16(27-21-17(7)24-5-25-21)20-9-1-2-10(22)13(23)14(9)26-15(11(8)19)12(6)20/h4,6,12,17H,1-3,5H2/t6?,12?,17-/m1/s1. The zero-order valence-electron chi connectivity index (χ0n) is 13.7. The molecule has 2 unspecified atom stereocenters. The Hall–Kier alpha value is -2.56. The molecule has 0 aromatic rings. The summed E-state index contributed by atoms with van der Waals surface area (Å²) in [6, 6.07) is -0.706. The van der Waals surface area contributed by atoms with Gasteiger partial charge < -0.3 is 14.3 Å². The van der Waals surface area contributed by atoms with Crippen molar-refractivity contribution < 1.29 is 37.5 Å². The zero-order chi connectivity index (χ0) is 18.4. The van der Waals surface area contributed by atoms with E-state index in [0.29, 0.717) is 23.6 Å². The van der Waals surface area contributed by atoms with Crippen LogP contribution >= 0.6 is 0 Å². The Morgan fingerprint density at radius 3 is 2.89 bits per heavy atom. The number of allylic oxidation sites excluding steroid dienone is 4. The highest BCUT2D eigenvalue weighted by Crippen LogP contribution is 2.53. The van der Waals surface area contributed by atoms with Crippen LogP contribution in [0.4, 0.5) is 8.78 Å². The van der Waals surface area contributed by atoms with E-state index in [4.69, 9.17) is 19.1 Å². The molecule has 0 bridgehead atoms. The Morgan fingerprint density at radius 2 is 2.04 bits per heavy atom. The lowest BCUT2D eigenvalue weighted by Gasteiger charge is -2.47. The van der Waals surface area contributed by atoms with Crippen molar-refractivity contribution in [3.63, 3.8) is 0 Å². The number of halogens is 2. The van der Waals surface area contributed by atoms with Gasteiger partial charge in [-0.05, 0) is 18.9 Å². The third-order valence-corrected chi connectivity index (χ3v) is 5.57. The predicted octanol–water partition coefficient (Wildman–Crippen LogP) is 1.60. The molecule has 0 spiro atoms. The molecule has 0 aromatic heterocycles.